The fraction of sp³-hybridized carbons (Fsp3) is 0.444. The van der Waals surface area contributed by atoms with Gasteiger partial charge in [-0.25, -0.2) is 22.2 Å². The Balaban J connectivity index is 1.64. The van der Waals surface area contributed by atoms with Gasteiger partial charge in [-0.05, 0) is 25.1 Å². The van der Waals surface area contributed by atoms with E-state index < -0.39 is 21.7 Å². The minimum Gasteiger partial charge on any atom is -0.364 e. The smallest absolute Gasteiger partial charge is 0.220 e. The van der Waals surface area contributed by atoms with Gasteiger partial charge in [-0.1, -0.05) is 5.16 Å². The summed E-state index contributed by atoms with van der Waals surface area (Å²) in [5.41, 5.74) is 0.522. The molecule has 2 heterocycles. The molecule has 1 aromatic heterocycles. The van der Waals surface area contributed by atoms with Crippen LogP contribution in [0.15, 0.2) is 40.0 Å². The average Bonchev–Trinajstić information content (AvgIpc) is 3.20. The highest BCUT2D eigenvalue weighted by molar-refractivity contribution is 7.88. The lowest BCUT2D eigenvalue weighted by Gasteiger charge is -2.35. The van der Waals surface area contributed by atoms with Gasteiger partial charge in [0.25, 0.3) is 0 Å². The number of nitrogens with one attached hydrogen (secondary N) is 1. The quantitative estimate of drug-likeness (QED) is 0.556. The van der Waals surface area contributed by atoms with E-state index in [1.54, 1.807) is 0 Å². The van der Waals surface area contributed by atoms with Crippen molar-refractivity contribution in [2.24, 2.45) is 4.99 Å². The number of aliphatic imine (C=N–C) groups is 1. The number of guanidine groups is 1. The Kier molecular flexibility index (Phi) is 6.80. The van der Waals surface area contributed by atoms with Gasteiger partial charge >= 0.3 is 0 Å². The number of halogens is 2. The molecule has 0 saturated carbocycles. The molecule has 0 atom stereocenters. The third kappa shape index (κ3) is 5.51. The van der Waals surface area contributed by atoms with Gasteiger partial charge in [0.05, 0.1) is 12.2 Å². The first-order valence-electron chi connectivity index (χ1n) is 9.23. The maximum atomic E-state index is 13.8. The van der Waals surface area contributed by atoms with Gasteiger partial charge in [0, 0.05) is 44.4 Å². The van der Waals surface area contributed by atoms with Crippen LogP contribution in [0.2, 0.25) is 0 Å². The fourth-order valence-corrected chi connectivity index (χ4v) is 4.44. The Hall–Kier alpha value is -2.53. The number of hydrogen-bond acceptors (Lipinski definition) is 5. The number of benzene rings is 1. The molecule has 3 rings (SSSR count). The molecular formula is C18H23F2N5O3S. The third-order valence-corrected chi connectivity index (χ3v) is 6.31. The highest BCUT2D eigenvalue weighted by atomic mass is 32.2. The van der Waals surface area contributed by atoms with Crippen molar-refractivity contribution < 1.29 is 21.7 Å². The van der Waals surface area contributed by atoms with E-state index in [0.29, 0.717) is 44.4 Å². The molecule has 0 unspecified atom stereocenters. The number of nitrogens with zero attached hydrogens (tertiary/aromatic N) is 4. The summed E-state index contributed by atoms with van der Waals surface area (Å²) >= 11 is 0. The molecule has 11 heteroatoms. The van der Waals surface area contributed by atoms with Crippen LogP contribution in [0.1, 0.15) is 18.2 Å². The molecule has 0 aliphatic carbocycles. The lowest BCUT2D eigenvalue weighted by atomic mass is 10.2. The standard InChI is InChI=1S/C18H23F2N5O3S/c1-2-21-18(22-12-14-11-15(19)3-4-17(14)20)24-6-8-25(9-7-24)29(26,27)13-16-5-10-28-23-16/h3-5,10-11H,2,6-9,12-13H2,1H3,(H,21,22). The summed E-state index contributed by atoms with van der Waals surface area (Å²) in [5, 5.41) is 6.77. The summed E-state index contributed by atoms with van der Waals surface area (Å²) in [6.07, 6.45) is 1.34. The largest absolute Gasteiger partial charge is 0.364 e. The normalized spacial score (nSPS) is 16.2. The van der Waals surface area contributed by atoms with Crippen molar-refractivity contribution >= 4 is 16.0 Å². The van der Waals surface area contributed by atoms with Gasteiger partial charge in [0.2, 0.25) is 10.0 Å². The number of hydrogen-bond donors (Lipinski definition) is 1. The zero-order valence-electron chi connectivity index (χ0n) is 16.0. The molecule has 2 aromatic rings. The molecule has 158 valence electrons. The number of aromatic nitrogens is 1. The van der Waals surface area contributed by atoms with Crippen LogP contribution in [0.25, 0.3) is 0 Å². The van der Waals surface area contributed by atoms with Crippen molar-refractivity contribution in [2.45, 2.75) is 19.2 Å². The second-order valence-electron chi connectivity index (χ2n) is 6.54. The van der Waals surface area contributed by atoms with Crippen molar-refractivity contribution in [3.63, 3.8) is 0 Å². The molecule has 1 N–H and O–H groups in total. The monoisotopic (exact) mass is 427 g/mol. The van der Waals surface area contributed by atoms with E-state index in [1.807, 2.05) is 11.8 Å². The van der Waals surface area contributed by atoms with Crippen LogP contribution in [-0.4, -0.2) is 61.5 Å². The van der Waals surface area contributed by atoms with Crippen LogP contribution in [0, 0.1) is 11.6 Å². The minimum absolute atomic E-state index is 0.0173. The molecule has 1 saturated heterocycles. The van der Waals surface area contributed by atoms with E-state index in [9.17, 15) is 17.2 Å². The summed E-state index contributed by atoms with van der Waals surface area (Å²) in [6, 6.07) is 4.78. The molecule has 1 aliphatic heterocycles. The topological polar surface area (TPSA) is 91.0 Å². The summed E-state index contributed by atoms with van der Waals surface area (Å²) in [6.45, 7) is 3.91. The van der Waals surface area contributed by atoms with Crippen LogP contribution in [0.5, 0.6) is 0 Å². The maximum absolute atomic E-state index is 13.8. The average molecular weight is 427 g/mol. The van der Waals surface area contributed by atoms with Gasteiger partial charge in [-0.15, -0.1) is 0 Å². The van der Waals surface area contributed by atoms with Crippen molar-refractivity contribution in [3.05, 3.63) is 53.4 Å². The maximum Gasteiger partial charge on any atom is 0.220 e. The molecule has 0 bridgehead atoms. The van der Waals surface area contributed by atoms with E-state index in [4.69, 9.17) is 0 Å². The third-order valence-electron chi connectivity index (χ3n) is 4.49. The Bertz CT molecular complexity index is 942. The highest BCUT2D eigenvalue weighted by Gasteiger charge is 2.29. The van der Waals surface area contributed by atoms with Gasteiger partial charge in [0.1, 0.15) is 23.7 Å². The summed E-state index contributed by atoms with van der Waals surface area (Å²) in [4.78, 5) is 6.30. The lowest BCUT2D eigenvalue weighted by molar-refractivity contribution is 0.259. The van der Waals surface area contributed by atoms with E-state index in [2.05, 4.69) is 20.0 Å². The van der Waals surface area contributed by atoms with Crippen LogP contribution >= 0.6 is 0 Å². The molecule has 0 amide bonds. The molecule has 0 radical (unpaired) electrons. The Morgan fingerprint density at radius 3 is 2.66 bits per heavy atom. The summed E-state index contributed by atoms with van der Waals surface area (Å²) in [7, 11) is -3.50. The summed E-state index contributed by atoms with van der Waals surface area (Å²) < 4.78 is 58.4. The first kappa shape index (κ1) is 21.2. The second-order valence-corrected chi connectivity index (χ2v) is 8.51. The first-order chi connectivity index (χ1) is 13.9. The zero-order valence-corrected chi connectivity index (χ0v) is 16.8. The minimum atomic E-state index is -3.50. The van der Waals surface area contributed by atoms with E-state index in [-0.39, 0.29) is 17.9 Å². The van der Waals surface area contributed by atoms with Crippen molar-refractivity contribution in [1.82, 2.24) is 19.7 Å². The Morgan fingerprint density at radius 2 is 2.00 bits per heavy atom. The van der Waals surface area contributed by atoms with Crippen molar-refractivity contribution in [2.75, 3.05) is 32.7 Å². The molecule has 8 nitrogen and oxygen atoms in total. The van der Waals surface area contributed by atoms with Crippen LogP contribution in [0.3, 0.4) is 0 Å². The van der Waals surface area contributed by atoms with Crippen molar-refractivity contribution in [1.29, 1.82) is 0 Å². The van der Waals surface area contributed by atoms with Crippen LogP contribution < -0.4 is 5.32 Å². The van der Waals surface area contributed by atoms with Crippen molar-refractivity contribution in [3.8, 4) is 0 Å². The predicted octanol–water partition coefficient (Wildman–Crippen LogP) is 1.57. The fourth-order valence-electron chi connectivity index (χ4n) is 3.02. The van der Waals surface area contributed by atoms with E-state index >= 15 is 0 Å². The van der Waals surface area contributed by atoms with E-state index in [1.165, 1.54) is 16.6 Å². The Morgan fingerprint density at radius 1 is 1.24 bits per heavy atom. The molecule has 1 aliphatic rings. The zero-order chi connectivity index (χ0) is 20.9. The molecule has 1 fully saturated rings. The van der Waals surface area contributed by atoms with Crippen LogP contribution in [0.4, 0.5) is 8.78 Å². The van der Waals surface area contributed by atoms with E-state index in [0.717, 1.165) is 18.2 Å². The second kappa shape index (κ2) is 9.31. The molecule has 0 spiro atoms. The predicted molar refractivity (Wildman–Crippen MR) is 103 cm³/mol. The lowest BCUT2D eigenvalue weighted by Crippen LogP contribution is -2.53. The van der Waals surface area contributed by atoms with Gasteiger partial charge < -0.3 is 14.7 Å². The number of piperazine rings is 1. The first-order valence-corrected chi connectivity index (χ1v) is 10.8. The molecular weight excluding hydrogens is 404 g/mol. The van der Waals surface area contributed by atoms with Gasteiger partial charge in [0.15, 0.2) is 5.96 Å². The van der Waals surface area contributed by atoms with Gasteiger partial charge in [-0.2, -0.15) is 4.31 Å². The number of rotatable bonds is 6. The summed E-state index contributed by atoms with van der Waals surface area (Å²) in [5.74, 6) is -0.719. The SMILES string of the molecule is CCNC(=NCc1cc(F)ccc1F)N1CCN(S(=O)(=O)Cc2ccon2)CC1. The molecule has 29 heavy (non-hydrogen) atoms. The highest BCUT2D eigenvalue weighted by Crippen LogP contribution is 2.14. The molecule has 1 aromatic carbocycles. The van der Waals surface area contributed by atoms with Crippen LogP contribution in [-0.2, 0) is 22.3 Å². The number of sulfonamides is 1. The van der Waals surface area contributed by atoms with Gasteiger partial charge in [-0.3, -0.25) is 0 Å². The Labute approximate surface area is 168 Å².